The Hall–Kier alpha value is -1.61. The number of aromatic nitrogens is 2. The van der Waals surface area contributed by atoms with Crippen LogP contribution in [0.25, 0.3) is 0 Å². The van der Waals surface area contributed by atoms with Gasteiger partial charge < -0.3 is 21.2 Å². The van der Waals surface area contributed by atoms with E-state index in [0.29, 0.717) is 12.3 Å². The van der Waals surface area contributed by atoms with E-state index in [4.69, 9.17) is 5.73 Å². The first kappa shape index (κ1) is 15.4. The Kier molecular flexibility index (Phi) is 6.30. The number of nitrogens with zero attached hydrogens (tertiary/aromatic N) is 3. The van der Waals surface area contributed by atoms with Gasteiger partial charge in [-0.25, -0.2) is 4.57 Å². The Balaban J connectivity index is 2.31. The molecule has 9 heteroatoms. The molecule has 8 nitrogen and oxygen atoms in total. The minimum atomic E-state index is -0.626. The maximum Gasteiger partial charge on any atom is 0.435 e. The van der Waals surface area contributed by atoms with E-state index in [1.54, 1.807) is 0 Å². The van der Waals surface area contributed by atoms with Crippen molar-refractivity contribution in [1.82, 2.24) is 14.9 Å². The number of carbonyl (C=O) groups is 1. The number of nitrogens with one attached hydrogen (secondary N) is 1. The van der Waals surface area contributed by atoms with E-state index < -0.39 is 4.92 Å². The van der Waals surface area contributed by atoms with Gasteiger partial charge in [-0.1, -0.05) is 4.98 Å². The Labute approximate surface area is 115 Å². The maximum absolute atomic E-state index is 11.6. The Bertz CT molecular complexity index is 437. The number of hydrogen-bond donors (Lipinski definition) is 3. The average molecular weight is 287 g/mol. The van der Waals surface area contributed by atoms with Gasteiger partial charge in [0.15, 0.2) is 6.54 Å². The molecule has 1 heterocycles. The fourth-order valence-electron chi connectivity index (χ4n) is 1.49. The van der Waals surface area contributed by atoms with Crippen molar-refractivity contribution in [1.29, 1.82) is 0 Å². The van der Waals surface area contributed by atoms with Gasteiger partial charge in [0.25, 0.3) is 5.91 Å². The highest BCUT2D eigenvalue weighted by atomic mass is 32.1. The number of imidazole rings is 1. The number of amides is 1. The molecule has 19 heavy (non-hydrogen) atoms. The zero-order valence-electron chi connectivity index (χ0n) is 10.4. The molecule has 3 N–H and O–H groups in total. The maximum atomic E-state index is 11.6. The van der Waals surface area contributed by atoms with Crippen molar-refractivity contribution in [2.24, 2.45) is 5.73 Å². The fourth-order valence-corrected chi connectivity index (χ4v) is 1.67. The molecule has 0 bridgehead atoms. The first-order valence-corrected chi connectivity index (χ1v) is 6.46. The highest BCUT2D eigenvalue weighted by Crippen LogP contribution is 2.06. The zero-order chi connectivity index (χ0) is 14.3. The molecule has 0 fully saturated rings. The number of carbonyl (C=O) groups excluding carboxylic acids is 1. The molecule has 0 radical (unpaired) electrons. The average Bonchev–Trinajstić information content (AvgIpc) is 2.82. The number of nitrogens with two attached hydrogens (primary N) is 1. The molecule has 0 aliphatic rings. The van der Waals surface area contributed by atoms with Gasteiger partial charge in [0.1, 0.15) is 12.4 Å². The van der Waals surface area contributed by atoms with Crippen LogP contribution < -0.4 is 11.1 Å². The lowest BCUT2D eigenvalue weighted by Crippen LogP contribution is -2.30. The number of hydrogen-bond acceptors (Lipinski definition) is 6. The van der Waals surface area contributed by atoms with Gasteiger partial charge in [0, 0.05) is 18.3 Å². The van der Waals surface area contributed by atoms with E-state index in [9.17, 15) is 14.9 Å². The van der Waals surface area contributed by atoms with Crippen molar-refractivity contribution in [3.05, 3.63) is 22.5 Å². The predicted molar refractivity (Wildman–Crippen MR) is 73.0 cm³/mol. The summed E-state index contributed by atoms with van der Waals surface area (Å²) in [5.41, 5.74) is 5.68. The Morgan fingerprint density at radius 3 is 3.05 bits per heavy atom. The van der Waals surface area contributed by atoms with Crippen molar-refractivity contribution >= 4 is 24.5 Å². The molecule has 0 aliphatic carbocycles. The summed E-state index contributed by atoms with van der Waals surface area (Å²) in [6.45, 7) is 0.373. The molecular weight excluding hydrogens is 270 g/mol. The smallest absolute Gasteiger partial charge is 0.390 e. The molecule has 0 saturated heterocycles. The lowest BCUT2D eigenvalue weighted by atomic mass is 10.2. The second-order valence-corrected chi connectivity index (χ2v) is 4.41. The molecule has 1 aromatic rings. The number of thiol groups is 1. The fraction of sp³-hybridized carbons (Fsp3) is 0.600. The van der Waals surface area contributed by atoms with Crippen molar-refractivity contribution < 1.29 is 9.72 Å². The molecule has 1 amide bonds. The van der Waals surface area contributed by atoms with Gasteiger partial charge in [-0.05, 0) is 17.8 Å². The van der Waals surface area contributed by atoms with Gasteiger partial charge in [-0.2, -0.15) is 12.6 Å². The number of rotatable bonds is 8. The summed E-state index contributed by atoms with van der Waals surface area (Å²) >= 11 is 4.06. The highest BCUT2D eigenvalue weighted by molar-refractivity contribution is 7.80. The van der Waals surface area contributed by atoms with E-state index in [0.717, 1.165) is 12.8 Å². The van der Waals surface area contributed by atoms with Gasteiger partial charge in [-0.3, -0.25) is 4.79 Å². The molecule has 0 aliphatic heterocycles. The molecule has 1 aromatic heterocycles. The molecule has 0 spiro atoms. The van der Waals surface area contributed by atoms with Crippen LogP contribution in [0.5, 0.6) is 0 Å². The third-order valence-corrected chi connectivity index (χ3v) is 2.95. The molecule has 1 atom stereocenters. The van der Waals surface area contributed by atoms with Crippen LogP contribution in [0.15, 0.2) is 12.4 Å². The van der Waals surface area contributed by atoms with Gasteiger partial charge in [-0.15, -0.1) is 0 Å². The summed E-state index contributed by atoms with van der Waals surface area (Å²) in [7, 11) is 0. The summed E-state index contributed by atoms with van der Waals surface area (Å²) in [6, 6.07) is 0.0231. The molecule has 0 aromatic carbocycles. The minimum absolute atomic E-state index is 0.0231. The Morgan fingerprint density at radius 1 is 1.68 bits per heavy atom. The number of nitro groups is 1. The summed E-state index contributed by atoms with van der Waals surface area (Å²) in [5, 5.41) is 13.3. The van der Waals surface area contributed by atoms with Crippen molar-refractivity contribution in [2.45, 2.75) is 25.4 Å². The summed E-state index contributed by atoms with van der Waals surface area (Å²) in [4.78, 5) is 25.1. The van der Waals surface area contributed by atoms with E-state index in [2.05, 4.69) is 22.9 Å². The largest absolute Gasteiger partial charge is 0.435 e. The summed E-state index contributed by atoms with van der Waals surface area (Å²) in [5.74, 6) is -0.0253. The van der Waals surface area contributed by atoms with Gasteiger partial charge in [0.05, 0.1) is 0 Å². The second kappa shape index (κ2) is 7.74. The summed E-state index contributed by atoms with van der Waals surface area (Å²) < 4.78 is 1.19. The van der Waals surface area contributed by atoms with E-state index >= 15 is 0 Å². The van der Waals surface area contributed by atoms with Crippen LogP contribution in [0.3, 0.4) is 0 Å². The molecular formula is C10H17N5O3S. The van der Waals surface area contributed by atoms with E-state index in [1.165, 1.54) is 17.0 Å². The van der Waals surface area contributed by atoms with E-state index in [-0.39, 0.29) is 24.4 Å². The quantitative estimate of drug-likeness (QED) is 0.268. The van der Waals surface area contributed by atoms with Crippen molar-refractivity contribution in [3.63, 3.8) is 0 Å². The van der Waals surface area contributed by atoms with E-state index in [1.807, 2.05) is 0 Å². The van der Waals surface area contributed by atoms with Gasteiger partial charge in [0.2, 0.25) is 0 Å². The normalized spacial score (nSPS) is 12.1. The third kappa shape index (κ3) is 5.26. The monoisotopic (exact) mass is 287 g/mol. The minimum Gasteiger partial charge on any atom is -0.390 e. The molecule has 0 saturated carbocycles. The molecule has 1 rings (SSSR count). The second-order valence-electron chi connectivity index (χ2n) is 4.05. The van der Waals surface area contributed by atoms with Crippen LogP contribution in [0.4, 0.5) is 5.95 Å². The van der Waals surface area contributed by atoms with Crippen LogP contribution in [0, 0.1) is 10.1 Å². The highest BCUT2D eigenvalue weighted by Gasteiger charge is 2.16. The lowest BCUT2D eigenvalue weighted by molar-refractivity contribution is -0.396. The van der Waals surface area contributed by atoms with Crippen LogP contribution in [-0.4, -0.2) is 38.7 Å². The van der Waals surface area contributed by atoms with Gasteiger partial charge >= 0.3 is 5.95 Å². The van der Waals surface area contributed by atoms with Crippen molar-refractivity contribution in [2.75, 3.05) is 12.3 Å². The Morgan fingerprint density at radius 2 is 2.42 bits per heavy atom. The van der Waals surface area contributed by atoms with Crippen LogP contribution in [0.1, 0.15) is 12.8 Å². The predicted octanol–water partition coefficient (Wildman–Crippen LogP) is -0.0552. The topological polar surface area (TPSA) is 116 Å². The first-order valence-electron chi connectivity index (χ1n) is 5.83. The van der Waals surface area contributed by atoms with Crippen LogP contribution >= 0.6 is 12.6 Å². The zero-order valence-corrected chi connectivity index (χ0v) is 11.3. The SMILES string of the molecule is NC(CS)CCCNC(=O)Cn1ccnc1[N+](=O)[O-]. The standard InChI is InChI=1S/C10H17N5O3S/c11-8(7-19)2-1-3-12-9(16)6-14-5-4-13-10(14)15(17)18/h4-5,8,19H,1-3,6-7,11H2,(H,12,16). The lowest BCUT2D eigenvalue weighted by Gasteiger charge is -2.08. The first-order chi connectivity index (χ1) is 9.04. The summed E-state index contributed by atoms with van der Waals surface area (Å²) in [6.07, 6.45) is 4.21. The molecule has 1 unspecified atom stereocenters. The van der Waals surface area contributed by atoms with Crippen molar-refractivity contribution in [3.8, 4) is 0 Å². The molecule has 106 valence electrons. The van der Waals surface area contributed by atoms with Crippen LogP contribution in [0.2, 0.25) is 0 Å². The van der Waals surface area contributed by atoms with Crippen LogP contribution in [-0.2, 0) is 11.3 Å². The third-order valence-electron chi connectivity index (χ3n) is 2.48.